The topological polar surface area (TPSA) is 29.1 Å². The van der Waals surface area contributed by atoms with Gasteiger partial charge < -0.3 is 5.32 Å². The van der Waals surface area contributed by atoms with Gasteiger partial charge in [0.2, 0.25) is 0 Å². The lowest BCUT2D eigenvalue weighted by atomic mass is 9.88. The van der Waals surface area contributed by atoms with Gasteiger partial charge in [-0.25, -0.2) is 0 Å². The molecule has 0 spiro atoms. The van der Waals surface area contributed by atoms with Crippen LogP contribution in [-0.4, -0.2) is 18.9 Å². The fraction of sp³-hybridized carbons (Fsp3) is 0.480. The van der Waals surface area contributed by atoms with E-state index >= 15 is 0 Å². The van der Waals surface area contributed by atoms with Crippen molar-refractivity contribution in [2.45, 2.75) is 64.5 Å². The zero-order chi connectivity index (χ0) is 20.1. The average molecular weight is 432 g/mol. The summed E-state index contributed by atoms with van der Waals surface area (Å²) < 4.78 is 0. The van der Waals surface area contributed by atoms with Gasteiger partial charge >= 0.3 is 0 Å². The van der Waals surface area contributed by atoms with Gasteiger partial charge in [0.05, 0.1) is 5.02 Å². The van der Waals surface area contributed by atoms with Crippen LogP contribution < -0.4 is 5.32 Å². The number of carbonyl (C=O) groups excluding carboxylic acids is 1. The highest BCUT2D eigenvalue weighted by molar-refractivity contribution is 7.98. The number of hydrogen-bond donors (Lipinski definition) is 1. The van der Waals surface area contributed by atoms with Gasteiger partial charge in [-0.2, -0.15) is 0 Å². The predicted molar refractivity (Wildman–Crippen MR) is 127 cm³/mol. The molecule has 158 valence electrons. The van der Waals surface area contributed by atoms with Gasteiger partial charge in [0, 0.05) is 22.6 Å². The highest BCUT2D eigenvalue weighted by Gasteiger charge is 2.16. The number of halogens is 1. The number of benzene rings is 2. The van der Waals surface area contributed by atoms with E-state index in [0.29, 0.717) is 6.42 Å². The molecule has 1 N–H and O–H groups in total. The SMILES string of the molecule is C.CC(C)(C)CCC(=O)c1ccc(CSc2c(Cl)ccc3c2CCNCC3)cc1. The Balaban J connectivity index is 0.00000300. The monoisotopic (exact) mass is 431 g/mol. The Morgan fingerprint density at radius 3 is 2.45 bits per heavy atom. The Morgan fingerprint density at radius 1 is 1.07 bits per heavy atom. The summed E-state index contributed by atoms with van der Waals surface area (Å²) in [6, 6.07) is 12.3. The Kier molecular flexibility index (Phi) is 8.81. The number of fused-ring (bicyclic) bond motifs is 1. The Labute approximate surface area is 185 Å². The maximum absolute atomic E-state index is 12.4. The lowest BCUT2D eigenvalue weighted by Gasteiger charge is -2.17. The van der Waals surface area contributed by atoms with Crippen LogP contribution in [0.1, 0.15) is 68.1 Å². The molecule has 0 fully saturated rings. The molecule has 1 heterocycles. The molecule has 2 aromatic rings. The van der Waals surface area contributed by atoms with Crippen molar-refractivity contribution in [3.05, 3.63) is 63.7 Å². The fourth-order valence-electron chi connectivity index (χ4n) is 3.44. The summed E-state index contributed by atoms with van der Waals surface area (Å²) in [5.41, 5.74) is 5.04. The Hall–Kier alpha value is -1.29. The minimum atomic E-state index is 0. The standard InChI is InChI=1S/C24H30ClNOS.CH4/c1-24(2,3)13-10-22(27)19-6-4-17(5-7-19)16-28-23-20-12-15-26-14-11-18(20)8-9-21(23)25;/h4-9,26H,10-16H2,1-3H3;1H4. The molecule has 29 heavy (non-hydrogen) atoms. The summed E-state index contributed by atoms with van der Waals surface area (Å²) >= 11 is 8.34. The first-order valence-electron chi connectivity index (χ1n) is 10.1. The van der Waals surface area contributed by atoms with E-state index in [4.69, 9.17) is 11.6 Å². The maximum Gasteiger partial charge on any atom is 0.162 e. The summed E-state index contributed by atoms with van der Waals surface area (Å²) in [5.74, 6) is 1.10. The van der Waals surface area contributed by atoms with Crippen LogP contribution in [0.25, 0.3) is 0 Å². The molecule has 1 aliphatic heterocycles. The largest absolute Gasteiger partial charge is 0.316 e. The van der Waals surface area contributed by atoms with Crippen molar-refractivity contribution >= 4 is 29.1 Å². The van der Waals surface area contributed by atoms with E-state index in [1.54, 1.807) is 0 Å². The Morgan fingerprint density at radius 2 is 1.76 bits per heavy atom. The summed E-state index contributed by atoms with van der Waals surface area (Å²) in [4.78, 5) is 13.6. The van der Waals surface area contributed by atoms with Crippen LogP contribution in [0.3, 0.4) is 0 Å². The fourth-order valence-corrected chi connectivity index (χ4v) is 4.90. The van der Waals surface area contributed by atoms with Crippen LogP contribution in [0.2, 0.25) is 5.02 Å². The average Bonchev–Trinajstić information content (AvgIpc) is 2.91. The molecule has 2 nitrogen and oxygen atoms in total. The zero-order valence-corrected chi connectivity index (χ0v) is 18.7. The van der Waals surface area contributed by atoms with Crippen molar-refractivity contribution in [1.82, 2.24) is 5.32 Å². The molecule has 2 aromatic carbocycles. The van der Waals surface area contributed by atoms with E-state index in [1.807, 2.05) is 30.0 Å². The number of carbonyl (C=O) groups is 1. The molecule has 0 saturated heterocycles. The number of ketones is 1. The molecule has 0 saturated carbocycles. The molecule has 0 aliphatic carbocycles. The normalized spacial score (nSPS) is 13.9. The first-order valence-corrected chi connectivity index (χ1v) is 11.5. The maximum atomic E-state index is 12.4. The molecule has 4 heteroatoms. The summed E-state index contributed by atoms with van der Waals surface area (Å²) in [5, 5.41) is 4.31. The second kappa shape index (κ2) is 10.7. The van der Waals surface area contributed by atoms with Crippen molar-refractivity contribution in [3.63, 3.8) is 0 Å². The number of thioether (sulfide) groups is 1. The molecule has 0 bridgehead atoms. The van der Waals surface area contributed by atoms with Crippen LogP contribution in [0.4, 0.5) is 0 Å². The van der Waals surface area contributed by atoms with Crippen LogP contribution in [-0.2, 0) is 18.6 Å². The van der Waals surface area contributed by atoms with E-state index in [-0.39, 0.29) is 18.6 Å². The summed E-state index contributed by atoms with van der Waals surface area (Å²) in [6.07, 6.45) is 3.61. The van der Waals surface area contributed by atoms with E-state index in [9.17, 15) is 4.79 Å². The summed E-state index contributed by atoms with van der Waals surface area (Å²) in [7, 11) is 0. The van der Waals surface area contributed by atoms with Gasteiger partial charge in [-0.3, -0.25) is 4.79 Å². The smallest absolute Gasteiger partial charge is 0.162 e. The third-order valence-corrected chi connectivity index (χ3v) is 6.85. The van der Waals surface area contributed by atoms with Crippen LogP contribution in [0.5, 0.6) is 0 Å². The second-order valence-corrected chi connectivity index (χ2v) is 10.1. The third-order valence-electron chi connectivity index (χ3n) is 5.19. The zero-order valence-electron chi connectivity index (χ0n) is 17.1. The number of hydrogen-bond acceptors (Lipinski definition) is 3. The molecule has 1 aliphatic rings. The van der Waals surface area contributed by atoms with Gasteiger partial charge in [-0.05, 0) is 60.5 Å². The lowest BCUT2D eigenvalue weighted by Crippen LogP contribution is -2.16. The number of rotatable bonds is 6. The van der Waals surface area contributed by atoms with Crippen molar-refractivity contribution in [2.75, 3.05) is 13.1 Å². The van der Waals surface area contributed by atoms with Gasteiger partial charge in [-0.1, -0.05) is 70.1 Å². The van der Waals surface area contributed by atoms with Crippen LogP contribution >= 0.6 is 23.4 Å². The Bertz CT molecular complexity index is 824. The molecule has 3 rings (SSSR count). The van der Waals surface area contributed by atoms with Crippen LogP contribution in [0, 0.1) is 5.41 Å². The number of nitrogens with one attached hydrogen (secondary N) is 1. The quantitative estimate of drug-likeness (QED) is 0.395. The van der Waals surface area contributed by atoms with E-state index in [0.717, 1.165) is 48.7 Å². The first kappa shape index (κ1) is 24.0. The molecule has 0 unspecified atom stereocenters. The molecular formula is C25H34ClNOS. The minimum Gasteiger partial charge on any atom is -0.316 e. The highest BCUT2D eigenvalue weighted by Crippen LogP contribution is 2.36. The van der Waals surface area contributed by atoms with E-state index < -0.39 is 0 Å². The van der Waals surface area contributed by atoms with Gasteiger partial charge in [-0.15, -0.1) is 11.8 Å². The molecule has 0 radical (unpaired) electrons. The van der Waals surface area contributed by atoms with E-state index in [2.05, 4.69) is 44.3 Å². The molecular weight excluding hydrogens is 398 g/mol. The second-order valence-electron chi connectivity index (χ2n) is 8.73. The number of Topliss-reactive ketones (excluding diaryl/α,β-unsaturated/α-hetero) is 1. The predicted octanol–water partition coefficient (Wildman–Crippen LogP) is 6.97. The molecule has 0 amide bonds. The first-order chi connectivity index (χ1) is 13.3. The third kappa shape index (κ3) is 6.87. The highest BCUT2D eigenvalue weighted by atomic mass is 35.5. The molecule has 0 atom stereocenters. The van der Waals surface area contributed by atoms with Crippen molar-refractivity contribution < 1.29 is 4.79 Å². The lowest BCUT2D eigenvalue weighted by molar-refractivity contribution is 0.0966. The van der Waals surface area contributed by atoms with Crippen molar-refractivity contribution in [1.29, 1.82) is 0 Å². The van der Waals surface area contributed by atoms with Gasteiger partial charge in [0.25, 0.3) is 0 Å². The van der Waals surface area contributed by atoms with Gasteiger partial charge in [0.1, 0.15) is 0 Å². The van der Waals surface area contributed by atoms with Crippen molar-refractivity contribution in [2.24, 2.45) is 5.41 Å². The minimum absolute atomic E-state index is 0. The van der Waals surface area contributed by atoms with Gasteiger partial charge in [0.15, 0.2) is 5.78 Å². The summed E-state index contributed by atoms with van der Waals surface area (Å²) in [6.45, 7) is 8.56. The molecule has 0 aromatic heterocycles. The van der Waals surface area contributed by atoms with Crippen molar-refractivity contribution in [3.8, 4) is 0 Å². The van der Waals surface area contributed by atoms with E-state index in [1.165, 1.54) is 21.6 Å². The van der Waals surface area contributed by atoms with Crippen LogP contribution in [0.15, 0.2) is 41.3 Å².